The molecule has 0 aliphatic rings. The number of benzene rings is 1. The van der Waals surface area contributed by atoms with Crippen molar-refractivity contribution in [3.8, 4) is 0 Å². The lowest BCUT2D eigenvalue weighted by Crippen LogP contribution is -2.29. The Bertz CT molecular complexity index is 390. The van der Waals surface area contributed by atoms with Gasteiger partial charge in [-0.25, -0.2) is 0 Å². The van der Waals surface area contributed by atoms with Gasteiger partial charge in [0.05, 0.1) is 0 Å². The Labute approximate surface area is 117 Å². The number of hydrogen-bond donors (Lipinski definition) is 1. The van der Waals surface area contributed by atoms with Gasteiger partial charge in [-0.2, -0.15) is 0 Å². The van der Waals surface area contributed by atoms with Crippen molar-refractivity contribution < 1.29 is 4.79 Å². The van der Waals surface area contributed by atoms with Gasteiger partial charge in [0.15, 0.2) is 0 Å². The van der Waals surface area contributed by atoms with Crippen LogP contribution >= 0.6 is 0 Å². The van der Waals surface area contributed by atoms with E-state index in [1.54, 1.807) is 0 Å². The summed E-state index contributed by atoms with van der Waals surface area (Å²) in [5.41, 5.74) is 1.97. The van der Waals surface area contributed by atoms with E-state index >= 15 is 0 Å². The van der Waals surface area contributed by atoms with Crippen LogP contribution in [0.5, 0.6) is 0 Å². The molecule has 0 aromatic heterocycles. The van der Waals surface area contributed by atoms with E-state index in [0.717, 1.165) is 37.1 Å². The number of carbonyl (C=O) groups is 1. The first-order valence-electron chi connectivity index (χ1n) is 7.18. The van der Waals surface area contributed by atoms with Crippen molar-refractivity contribution in [3.63, 3.8) is 0 Å². The zero-order chi connectivity index (χ0) is 14.1. The maximum Gasteiger partial charge on any atom is 0.253 e. The summed E-state index contributed by atoms with van der Waals surface area (Å²) in [4.78, 5) is 14.3. The Morgan fingerprint density at radius 1 is 1.26 bits per heavy atom. The zero-order valence-electron chi connectivity index (χ0n) is 12.4. The van der Waals surface area contributed by atoms with Crippen LogP contribution in [0.25, 0.3) is 0 Å². The topological polar surface area (TPSA) is 32.3 Å². The predicted molar refractivity (Wildman–Crippen MR) is 80.6 cm³/mol. The van der Waals surface area contributed by atoms with Gasteiger partial charge in [0.1, 0.15) is 0 Å². The molecule has 0 aliphatic carbocycles. The number of likely N-dealkylation sites (N-methyl/N-ethyl adjacent to an activating group) is 1. The molecule has 3 heteroatoms. The lowest BCUT2D eigenvalue weighted by Gasteiger charge is -2.19. The summed E-state index contributed by atoms with van der Waals surface area (Å²) >= 11 is 0. The second-order valence-electron chi connectivity index (χ2n) is 4.94. The van der Waals surface area contributed by atoms with Crippen LogP contribution in [0, 0.1) is 0 Å². The molecule has 0 saturated carbocycles. The third-order valence-corrected chi connectivity index (χ3v) is 3.34. The first kappa shape index (κ1) is 15.7. The molecule has 0 unspecified atom stereocenters. The van der Waals surface area contributed by atoms with E-state index in [2.05, 4.69) is 12.2 Å². The van der Waals surface area contributed by atoms with Crippen LogP contribution in [0.3, 0.4) is 0 Å². The number of carbonyl (C=O) groups excluding carboxylic acids is 1. The maximum absolute atomic E-state index is 12.4. The molecule has 0 radical (unpaired) electrons. The van der Waals surface area contributed by atoms with Gasteiger partial charge >= 0.3 is 0 Å². The molecule has 106 valence electrons. The van der Waals surface area contributed by atoms with Crippen molar-refractivity contribution >= 4 is 5.91 Å². The fraction of sp³-hybridized carbons (Fsp3) is 0.562. The summed E-state index contributed by atoms with van der Waals surface area (Å²) in [5, 5.41) is 3.13. The lowest BCUT2D eigenvalue weighted by atomic mass is 10.0. The van der Waals surface area contributed by atoms with Gasteiger partial charge in [-0.15, -0.1) is 0 Å². The molecule has 1 rings (SSSR count). The van der Waals surface area contributed by atoms with E-state index in [-0.39, 0.29) is 5.91 Å². The molecule has 19 heavy (non-hydrogen) atoms. The van der Waals surface area contributed by atoms with E-state index < -0.39 is 0 Å². The first-order chi connectivity index (χ1) is 9.20. The summed E-state index contributed by atoms with van der Waals surface area (Å²) in [5.74, 6) is 0.141. The highest BCUT2D eigenvalue weighted by Crippen LogP contribution is 2.12. The molecular weight excluding hydrogens is 236 g/mol. The van der Waals surface area contributed by atoms with Gasteiger partial charge in [-0.1, -0.05) is 38.0 Å². The fourth-order valence-corrected chi connectivity index (χ4v) is 2.11. The smallest absolute Gasteiger partial charge is 0.253 e. The van der Waals surface area contributed by atoms with Crippen LogP contribution in [0.15, 0.2) is 24.3 Å². The van der Waals surface area contributed by atoms with Crippen molar-refractivity contribution in [1.82, 2.24) is 10.2 Å². The van der Waals surface area contributed by atoms with Crippen molar-refractivity contribution in [1.29, 1.82) is 0 Å². The molecule has 0 spiro atoms. The number of amides is 1. The summed E-state index contributed by atoms with van der Waals surface area (Å²) in [6, 6.07) is 7.92. The second-order valence-corrected chi connectivity index (χ2v) is 4.94. The average Bonchev–Trinajstić information content (AvgIpc) is 2.44. The number of rotatable bonds is 8. The van der Waals surface area contributed by atoms with Crippen LogP contribution in [0.2, 0.25) is 0 Å². The van der Waals surface area contributed by atoms with Crippen LogP contribution < -0.4 is 5.32 Å². The third-order valence-electron chi connectivity index (χ3n) is 3.34. The lowest BCUT2D eigenvalue weighted by molar-refractivity contribution is 0.0791. The molecular formula is C16H26N2O. The van der Waals surface area contributed by atoms with Gasteiger partial charge in [-0.3, -0.25) is 4.79 Å². The highest BCUT2D eigenvalue weighted by Gasteiger charge is 2.14. The largest absolute Gasteiger partial charge is 0.342 e. The van der Waals surface area contributed by atoms with E-state index in [0.29, 0.717) is 0 Å². The first-order valence-corrected chi connectivity index (χ1v) is 7.18. The quantitative estimate of drug-likeness (QED) is 0.731. The van der Waals surface area contributed by atoms with Crippen LogP contribution in [0.4, 0.5) is 0 Å². The Balaban J connectivity index is 2.69. The Morgan fingerprint density at radius 3 is 2.68 bits per heavy atom. The van der Waals surface area contributed by atoms with Crippen LogP contribution in [0.1, 0.15) is 42.1 Å². The molecule has 0 aliphatic heterocycles. The molecule has 0 saturated heterocycles. The average molecular weight is 262 g/mol. The molecule has 0 heterocycles. The van der Waals surface area contributed by atoms with Gasteiger partial charge in [-0.05, 0) is 38.1 Å². The van der Waals surface area contributed by atoms with Crippen molar-refractivity contribution in [3.05, 3.63) is 35.4 Å². The standard InChI is InChI=1S/C16H26N2O/c1-4-5-8-13-18(3)16(19)15-10-7-6-9-14(15)11-12-17-2/h6-7,9-10,17H,4-5,8,11-13H2,1-3H3. The van der Waals surface area contributed by atoms with Gasteiger partial charge < -0.3 is 10.2 Å². The molecule has 1 N–H and O–H groups in total. The maximum atomic E-state index is 12.4. The summed E-state index contributed by atoms with van der Waals surface area (Å²) < 4.78 is 0. The van der Waals surface area contributed by atoms with Gasteiger partial charge in [0.2, 0.25) is 0 Å². The Hall–Kier alpha value is -1.35. The molecule has 3 nitrogen and oxygen atoms in total. The van der Waals surface area contributed by atoms with E-state index in [1.165, 1.54) is 12.8 Å². The molecule has 0 atom stereocenters. The minimum atomic E-state index is 0.141. The summed E-state index contributed by atoms with van der Waals surface area (Å²) in [7, 11) is 3.83. The molecule has 0 fully saturated rings. The SMILES string of the molecule is CCCCCN(C)C(=O)c1ccccc1CCNC. The molecule has 0 bridgehead atoms. The minimum Gasteiger partial charge on any atom is -0.342 e. The number of nitrogens with zero attached hydrogens (tertiary/aromatic N) is 1. The monoisotopic (exact) mass is 262 g/mol. The van der Waals surface area contributed by atoms with E-state index in [9.17, 15) is 4.79 Å². The van der Waals surface area contributed by atoms with Gasteiger partial charge in [0.25, 0.3) is 5.91 Å². The Morgan fingerprint density at radius 2 is 2.00 bits per heavy atom. The third kappa shape index (κ3) is 5.03. The van der Waals surface area contributed by atoms with E-state index in [4.69, 9.17) is 0 Å². The highest BCUT2D eigenvalue weighted by molar-refractivity contribution is 5.95. The Kier molecular flexibility index (Phi) is 7.19. The van der Waals surface area contributed by atoms with Crippen LogP contribution in [-0.4, -0.2) is 38.0 Å². The predicted octanol–water partition coefficient (Wildman–Crippen LogP) is 2.71. The fourth-order valence-electron chi connectivity index (χ4n) is 2.11. The second kappa shape index (κ2) is 8.70. The zero-order valence-corrected chi connectivity index (χ0v) is 12.4. The number of hydrogen-bond acceptors (Lipinski definition) is 2. The molecule has 1 aromatic rings. The molecule has 1 amide bonds. The number of nitrogens with one attached hydrogen (secondary N) is 1. The van der Waals surface area contributed by atoms with Crippen molar-refractivity contribution in [2.75, 3.05) is 27.2 Å². The van der Waals surface area contributed by atoms with Crippen molar-refractivity contribution in [2.24, 2.45) is 0 Å². The molecule has 1 aromatic carbocycles. The van der Waals surface area contributed by atoms with Gasteiger partial charge in [0, 0.05) is 19.2 Å². The van der Waals surface area contributed by atoms with E-state index in [1.807, 2.05) is 43.3 Å². The number of unbranched alkanes of at least 4 members (excludes halogenated alkanes) is 2. The summed E-state index contributed by atoms with van der Waals surface area (Å²) in [6.07, 6.45) is 4.33. The minimum absolute atomic E-state index is 0.141. The summed E-state index contributed by atoms with van der Waals surface area (Å²) in [6.45, 7) is 3.91. The van der Waals surface area contributed by atoms with Crippen molar-refractivity contribution in [2.45, 2.75) is 32.6 Å². The highest BCUT2D eigenvalue weighted by atomic mass is 16.2. The van der Waals surface area contributed by atoms with Crippen LogP contribution in [-0.2, 0) is 6.42 Å². The normalized spacial score (nSPS) is 10.5.